The molecule has 6 nitrogen and oxygen atoms in total. The lowest BCUT2D eigenvalue weighted by molar-refractivity contribution is -0.123. The van der Waals surface area contributed by atoms with Crippen LogP contribution >= 0.6 is 0 Å². The fraction of sp³-hybridized carbons (Fsp3) is 0.462. The molecule has 1 amide bonds. The molecule has 0 unspecified atom stereocenters. The molecule has 0 bridgehead atoms. The fourth-order valence-corrected chi connectivity index (χ4v) is 3.00. The average Bonchev–Trinajstić information content (AvgIpc) is 2.46. The van der Waals surface area contributed by atoms with E-state index in [1.807, 2.05) is 0 Å². The summed E-state index contributed by atoms with van der Waals surface area (Å²) in [6, 6.07) is 3.49. The predicted molar refractivity (Wildman–Crippen MR) is 75.2 cm³/mol. The Labute approximate surface area is 130 Å². The van der Waals surface area contributed by atoms with Crippen molar-refractivity contribution in [2.24, 2.45) is 11.7 Å². The van der Waals surface area contributed by atoms with Gasteiger partial charge in [-0.15, -0.1) is 0 Å². The maximum absolute atomic E-state index is 12.5. The molecule has 2 rings (SSSR count). The summed E-state index contributed by atoms with van der Waals surface area (Å²) in [7, 11) is -5.47. The lowest BCUT2D eigenvalue weighted by Gasteiger charge is -2.27. The second-order valence-electron chi connectivity index (χ2n) is 5.10. The Morgan fingerprint density at radius 2 is 2.04 bits per heavy atom. The number of nitrogens with one attached hydrogen (secondary N) is 1. The minimum absolute atomic E-state index is 0.0426. The second-order valence-corrected chi connectivity index (χ2v) is 7.04. The number of rotatable bonds is 3. The first-order valence-electron chi connectivity index (χ1n) is 6.68. The number of alkyl halides is 3. The smallest absolute Gasteiger partial charge is 0.380 e. The third-order valence-electron chi connectivity index (χ3n) is 3.45. The maximum Gasteiger partial charge on any atom is 0.501 e. The number of carbonyl (C=O) groups is 1. The number of halogens is 3. The van der Waals surface area contributed by atoms with Crippen molar-refractivity contribution < 1.29 is 31.1 Å². The Kier molecular flexibility index (Phi) is 4.97. The zero-order valence-electron chi connectivity index (χ0n) is 11.8. The summed E-state index contributed by atoms with van der Waals surface area (Å²) >= 11 is 0. The molecule has 1 aliphatic rings. The van der Waals surface area contributed by atoms with Crippen LogP contribution in [0.5, 0.6) is 0 Å². The Balaban J connectivity index is 2.19. The summed E-state index contributed by atoms with van der Waals surface area (Å²) in [6.45, 7) is 0.564. The van der Waals surface area contributed by atoms with Gasteiger partial charge >= 0.3 is 5.51 Å². The molecule has 1 aromatic rings. The maximum atomic E-state index is 12.5. The van der Waals surface area contributed by atoms with Gasteiger partial charge in [0.15, 0.2) is 0 Å². The van der Waals surface area contributed by atoms with Crippen LogP contribution in [0.25, 0.3) is 0 Å². The van der Waals surface area contributed by atoms with Crippen LogP contribution in [-0.4, -0.2) is 39.1 Å². The van der Waals surface area contributed by atoms with Crippen molar-refractivity contribution in [3.8, 4) is 0 Å². The van der Waals surface area contributed by atoms with Gasteiger partial charge in [-0.05, 0) is 24.6 Å². The van der Waals surface area contributed by atoms with Gasteiger partial charge < -0.3 is 15.8 Å². The Bertz CT molecular complexity index is 691. The minimum Gasteiger partial charge on any atom is -0.380 e. The first-order valence-corrected chi connectivity index (χ1v) is 8.17. The Hall–Kier alpha value is -1.65. The number of sulfone groups is 1. The molecule has 1 aromatic carbocycles. The number of benzene rings is 1. The molecular formula is C13H15F3N2O4S. The molecule has 0 radical (unpaired) electrons. The molecule has 0 aliphatic carbocycles. The van der Waals surface area contributed by atoms with Crippen LogP contribution in [0.4, 0.5) is 18.9 Å². The molecular weight excluding hydrogens is 337 g/mol. The van der Waals surface area contributed by atoms with Gasteiger partial charge in [0.25, 0.3) is 9.84 Å². The van der Waals surface area contributed by atoms with E-state index in [1.165, 1.54) is 6.07 Å². The fourth-order valence-electron chi connectivity index (χ4n) is 2.20. The van der Waals surface area contributed by atoms with Gasteiger partial charge in [-0.2, -0.15) is 13.2 Å². The van der Waals surface area contributed by atoms with E-state index in [2.05, 4.69) is 5.32 Å². The van der Waals surface area contributed by atoms with Gasteiger partial charge in [0.05, 0.1) is 17.4 Å². The highest BCUT2D eigenvalue weighted by molar-refractivity contribution is 7.92. The van der Waals surface area contributed by atoms with Crippen molar-refractivity contribution in [3.63, 3.8) is 0 Å². The summed E-state index contributed by atoms with van der Waals surface area (Å²) in [4.78, 5) is 11.2. The minimum atomic E-state index is -5.47. The third kappa shape index (κ3) is 3.82. The molecule has 10 heteroatoms. The third-order valence-corrected chi connectivity index (χ3v) is 4.94. The lowest BCUT2D eigenvalue weighted by atomic mass is 9.94. The van der Waals surface area contributed by atoms with Gasteiger partial charge in [0.2, 0.25) is 5.91 Å². The van der Waals surface area contributed by atoms with Crippen LogP contribution in [0.2, 0.25) is 0 Å². The van der Waals surface area contributed by atoms with E-state index in [0.29, 0.717) is 13.0 Å². The molecule has 1 aliphatic heterocycles. The van der Waals surface area contributed by atoms with Crippen LogP contribution < -0.4 is 11.1 Å². The second kappa shape index (κ2) is 6.46. The van der Waals surface area contributed by atoms with Crippen molar-refractivity contribution in [2.75, 3.05) is 18.5 Å². The molecule has 3 N–H and O–H groups in total. The highest BCUT2D eigenvalue weighted by Gasteiger charge is 2.46. The van der Waals surface area contributed by atoms with Crippen LogP contribution in [0.15, 0.2) is 29.2 Å². The Morgan fingerprint density at radius 1 is 1.35 bits per heavy atom. The van der Waals surface area contributed by atoms with Gasteiger partial charge in [-0.3, -0.25) is 4.79 Å². The monoisotopic (exact) mass is 352 g/mol. The van der Waals surface area contributed by atoms with E-state index in [1.54, 1.807) is 0 Å². The summed E-state index contributed by atoms with van der Waals surface area (Å²) in [5.74, 6) is -1.03. The van der Waals surface area contributed by atoms with Gasteiger partial charge in [-0.25, -0.2) is 8.42 Å². The highest BCUT2D eigenvalue weighted by atomic mass is 32.2. The number of hydrogen-bond donors (Lipinski definition) is 2. The van der Waals surface area contributed by atoms with Gasteiger partial charge in [-0.1, -0.05) is 6.07 Å². The molecule has 23 heavy (non-hydrogen) atoms. The number of anilines is 1. The van der Waals surface area contributed by atoms with Gasteiger partial charge in [0.1, 0.15) is 0 Å². The highest BCUT2D eigenvalue weighted by Crippen LogP contribution is 2.31. The van der Waals surface area contributed by atoms with E-state index < -0.39 is 38.1 Å². The molecule has 128 valence electrons. The van der Waals surface area contributed by atoms with Crippen molar-refractivity contribution >= 4 is 21.4 Å². The number of hydrogen-bond acceptors (Lipinski definition) is 5. The number of nitrogens with two attached hydrogens (primary N) is 1. The van der Waals surface area contributed by atoms with Gasteiger partial charge in [0, 0.05) is 18.3 Å². The number of ether oxygens (including phenoxy) is 1. The quantitative estimate of drug-likeness (QED) is 0.854. The molecule has 0 spiro atoms. The lowest BCUT2D eigenvalue weighted by Crippen LogP contribution is -2.45. The van der Waals surface area contributed by atoms with Crippen LogP contribution in [-0.2, 0) is 19.4 Å². The average molecular weight is 352 g/mol. The van der Waals surface area contributed by atoms with E-state index in [4.69, 9.17) is 10.5 Å². The van der Waals surface area contributed by atoms with Crippen LogP contribution in [0.1, 0.15) is 6.42 Å². The molecule has 1 saturated heterocycles. The van der Waals surface area contributed by atoms with Crippen molar-refractivity contribution in [3.05, 3.63) is 24.3 Å². The summed E-state index contributed by atoms with van der Waals surface area (Å²) in [6.07, 6.45) is 0.382. The molecule has 1 heterocycles. The zero-order valence-corrected chi connectivity index (χ0v) is 12.7. The summed E-state index contributed by atoms with van der Waals surface area (Å²) in [5, 5.41) is 2.40. The zero-order chi connectivity index (χ0) is 17.3. The predicted octanol–water partition coefficient (Wildman–Crippen LogP) is 1.28. The molecule has 1 fully saturated rings. The van der Waals surface area contributed by atoms with Crippen molar-refractivity contribution in [2.45, 2.75) is 22.9 Å². The topological polar surface area (TPSA) is 98.5 Å². The van der Waals surface area contributed by atoms with Crippen molar-refractivity contribution in [1.29, 1.82) is 0 Å². The largest absolute Gasteiger partial charge is 0.501 e. The van der Waals surface area contributed by atoms with E-state index in [9.17, 15) is 26.4 Å². The SMILES string of the molecule is N[C@@H]1COCC[C@@H]1C(=O)Nc1cccc(S(=O)(=O)C(F)(F)F)c1. The van der Waals surface area contributed by atoms with E-state index in [-0.39, 0.29) is 12.3 Å². The standard InChI is InChI=1S/C13H15F3N2O4S/c14-13(15,16)23(20,21)9-3-1-2-8(6-9)18-12(19)10-4-5-22-7-11(10)17/h1-3,6,10-11H,4-5,7,17H2,(H,18,19)/t10-,11+/m0/s1. The first-order chi connectivity index (χ1) is 10.6. The van der Waals surface area contributed by atoms with Crippen molar-refractivity contribution in [1.82, 2.24) is 0 Å². The van der Waals surface area contributed by atoms with E-state index >= 15 is 0 Å². The molecule has 2 atom stereocenters. The summed E-state index contributed by atoms with van der Waals surface area (Å²) < 4.78 is 65.5. The Morgan fingerprint density at radius 3 is 2.65 bits per heavy atom. The number of amides is 1. The van der Waals surface area contributed by atoms with Crippen LogP contribution in [0, 0.1) is 5.92 Å². The molecule has 0 saturated carbocycles. The normalized spacial score (nSPS) is 22.6. The van der Waals surface area contributed by atoms with Crippen LogP contribution in [0.3, 0.4) is 0 Å². The number of carbonyl (C=O) groups excluding carboxylic acids is 1. The molecule has 0 aromatic heterocycles. The van der Waals surface area contributed by atoms with E-state index in [0.717, 1.165) is 18.2 Å². The summed E-state index contributed by atoms with van der Waals surface area (Å²) in [5.41, 5.74) is 0.313. The first kappa shape index (κ1) is 17.7.